The number of hydrogen-bond acceptors (Lipinski definition) is 2. The van der Waals surface area contributed by atoms with Crippen LogP contribution in [0.25, 0.3) is 11.0 Å². The molecule has 1 saturated carbocycles. The molecule has 0 bridgehead atoms. The van der Waals surface area contributed by atoms with Crippen LogP contribution in [0.3, 0.4) is 0 Å². The normalized spacial score (nSPS) is 15.3. The van der Waals surface area contributed by atoms with Crippen molar-refractivity contribution in [3.63, 3.8) is 0 Å². The Kier molecular flexibility index (Phi) is 2.07. The highest BCUT2D eigenvalue weighted by Gasteiger charge is 2.25. The van der Waals surface area contributed by atoms with Crippen molar-refractivity contribution in [2.75, 3.05) is 0 Å². The van der Waals surface area contributed by atoms with Crippen molar-refractivity contribution < 1.29 is 9.90 Å². The Bertz CT molecular complexity index is 649. The second kappa shape index (κ2) is 3.48. The van der Waals surface area contributed by atoms with Gasteiger partial charge in [-0.25, -0.2) is 9.59 Å². The van der Waals surface area contributed by atoms with Gasteiger partial charge < -0.3 is 10.1 Å². The van der Waals surface area contributed by atoms with Gasteiger partial charge in [0.15, 0.2) is 0 Å². The first-order valence-electron chi connectivity index (χ1n) is 5.61. The number of imidazole rings is 1. The lowest BCUT2D eigenvalue weighted by Crippen LogP contribution is -2.18. The number of nitrogens with one attached hydrogen (secondary N) is 1. The zero-order valence-electron chi connectivity index (χ0n) is 9.14. The molecule has 0 amide bonds. The maximum Gasteiger partial charge on any atom is 0.337 e. The highest BCUT2D eigenvalue weighted by Crippen LogP contribution is 2.31. The molecule has 5 nitrogen and oxygen atoms in total. The number of H-pyrrole nitrogens is 1. The summed E-state index contributed by atoms with van der Waals surface area (Å²) in [7, 11) is 0. The van der Waals surface area contributed by atoms with Crippen LogP contribution >= 0.6 is 0 Å². The molecular formula is C12H12N2O3. The molecule has 1 fully saturated rings. The maximum absolute atomic E-state index is 11.8. The summed E-state index contributed by atoms with van der Waals surface area (Å²) in [6, 6.07) is 4.90. The third-order valence-corrected chi connectivity index (χ3v) is 3.16. The van der Waals surface area contributed by atoms with E-state index in [0.717, 1.165) is 12.8 Å². The summed E-state index contributed by atoms with van der Waals surface area (Å²) in [4.78, 5) is 25.6. The third-order valence-electron chi connectivity index (χ3n) is 3.16. The number of nitrogens with zero attached hydrogens (tertiary/aromatic N) is 1. The average Bonchev–Trinajstić information content (AvgIpc) is 3.04. The number of para-hydroxylation sites is 1. The van der Waals surface area contributed by atoms with E-state index in [2.05, 4.69) is 4.98 Å². The van der Waals surface area contributed by atoms with Crippen LogP contribution in [0.15, 0.2) is 23.0 Å². The molecule has 1 aliphatic carbocycles. The summed E-state index contributed by atoms with van der Waals surface area (Å²) in [5.41, 5.74) is 1.06. The Balaban J connectivity index is 2.27. The van der Waals surface area contributed by atoms with Crippen molar-refractivity contribution in [2.24, 2.45) is 5.92 Å². The molecule has 2 aromatic rings. The molecule has 0 spiro atoms. The van der Waals surface area contributed by atoms with Crippen molar-refractivity contribution in [3.8, 4) is 0 Å². The van der Waals surface area contributed by atoms with Crippen molar-refractivity contribution in [1.29, 1.82) is 0 Å². The fourth-order valence-corrected chi connectivity index (χ4v) is 2.12. The number of hydrogen-bond donors (Lipinski definition) is 2. The highest BCUT2D eigenvalue weighted by molar-refractivity contribution is 6.01. The van der Waals surface area contributed by atoms with Crippen LogP contribution in [0.2, 0.25) is 0 Å². The van der Waals surface area contributed by atoms with Gasteiger partial charge in [-0.15, -0.1) is 0 Å². The first-order valence-corrected chi connectivity index (χ1v) is 5.61. The van der Waals surface area contributed by atoms with Crippen molar-refractivity contribution in [2.45, 2.75) is 19.4 Å². The Morgan fingerprint density at radius 3 is 2.88 bits per heavy atom. The third kappa shape index (κ3) is 1.63. The largest absolute Gasteiger partial charge is 0.478 e. The molecule has 88 valence electrons. The van der Waals surface area contributed by atoms with Crippen LogP contribution in [-0.2, 0) is 6.54 Å². The van der Waals surface area contributed by atoms with Crippen LogP contribution in [0.1, 0.15) is 23.2 Å². The quantitative estimate of drug-likeness (QED) is 0.840. The van der Waals surface area contributed by atoms with Gasteiger partial charge in [-0.2, -0.15) is 0 Å². The van der Waals surface area contributed by atoms with E-state index < -0.39 is 5.97 Å². The van der Waals surface area contributed by atoms with Crippen LogP contribution in [0.4, 0.5) is 0 Å². The molecule has 1 heterocycles. The molecule has 5 heteroatoms. The standard InChI is InChI=1S/C12H12N2O3/c15-11(16)8-2-1-3-9-10(8)14(12(17)13-9)6-7-4-5-7/h1-3,7H,4-6H2,(H,13,17)(H,15,16). The van der Waals surface area contributed by atoms with Gasteiger partial charge in [0.05, 0.1) is 16.6 Å². The summed E-state index contributed by atoms with van der Waals surface area (Å²) >= 11 is 0. The van der Waals surface area contributed by atoms with Gasteiger partial charge in [0, 0.05) is 6.54 Å². The van der Waals surface area contributed by atoms with E-state index in [-0.39, 0.29) is 11.3 Å². The van der Waals surface area contributed by atoms with Crippen molar-refractivity contribution >= 4 is 17.0 Å². The predicted octanol–water partition coefficient (Wildman–Crippen LogP) is 1.44. The highest BCUT2D eigenvalue weighted by atomic mass is 16.4. The van der Waals surface area contributed by atoms with E-state index in [1.807, 2.05) is 0 Å². The molecule has 1 aromatic carbocycles. The number of aromatic carboxylic acids is 1. The fraction of sp³-hybridized carbons (Fsp3) is 0.333. The molecule has 1 aromatic heterocycles. The smallest absolute Gasteiger partial charge is 0.337 e. The topological polar surface area (TPSA) is 75.1 Å². The number of carboxylic acids is 1. The van der Waals surface area contributed by atoms with Gasteiger partial charge in [-0.3, -0.25) is 4.57 Å². The molecule has 0 atom stereocenters. The maximum atomic E-state index is 11.8. The number of rotatable bonds is 3. The van der Waals surface area contributed by atoms with E-state index in [1.54, 1.807) is 16.7 Å². The van der Waals surface area contributed by atoms with Gasteiger partial charge in [0.2, 0.25) is 0 Å². The van der Waals surface area contributed by atoms with Crippen LogP contribution in [0.5, 0.6) is 0 Å². The van der Waals surface area contributed by atoms with Crippen LogP contribution in [-0.4, -0.2) is 20.6 Å². The van der Waals surface area contributed by atoms with E-state index in [0.29, 0.717) is 23.5 Å². The van der Waals surface area contributed by atoms with Gasteiger partial charge >= 0.3 is 11.7 Å². The molecular weight excluding hydrogens is 220 g/mol. The second-order valence-corrected chi connectivity index (χ2v) is 4.49. The number of aromatic nitrogens is 2. The molecule has 1 aliphatic rings. The second-order valence-electron chi connectivity index (χ2n) is 4.49. The van der Waals surface area contributed by atoms with Crippen LogP contribution < -0.4 is 5.69 Å². The first-order chi connectivity index (χ1) is 8.16. The van der Waals surface area contributed by atoms with Gasteiger partial charge in [0.25, 0.3) is 0 Å². The average molecular weight is 232 g/mol. The lowest BCUT2D eigenvalue weighted by atomic mass is 10.2. The summed E-state index contributed by atoms with van der Waals surface area (Å²) in [6.45, 7) is 0.614. The molecule has 3 rings (SSSR count). The molecule has 2 N–H and O–H groups in total. The fourth-order valence-electron chi connectivity index (χ4n) is 2.12. The molecule has 0 aliphatic heterocycles. The van der Waals surface area contributed by atoms with Gasteiger partial charge in [-0.05, 0) is 30.9 Å². The minimum absolute atomic E-state index is 0.182. The first kappa shape index (κ1) is 10.1. The Morgan fingerprint density at radius 2 is 2.24 bits per heavy atom. The lowest BCUT2D eigenvalue weighted by Gasteiger charge is -2.04. The monoisotopic (exact) mass is 232 g/mol. The minimum Gasteiger partial charge on any atom is -0.478 e. The Labute approximate surface area is 96.7 Å². The Morgan fingerprint density at radius 1 is 1.47 bits per heavy atom. The molecule has 0 radical (unpaired) electrons. The SMILES string of the molecule is O=C(O)c1cccc2[nH]c(=O)n(CC3CC3)c12. The molecule has 17 heavy (non-hydrogen) atoms. The van der Waals surface area contributed by atoms with E-state index >= 15 is 0 Å². The summed E-state index contributed by atoms with van der Waals surface area (Å²) in [6.07, 6.45) is 2.24. The molecule has 0 unspecified atom stereocenters. The van der Waals surface area contributed by atoms with Crippen molar-refractivity contribution in [1.82, 2.24) is 9.55 Å². The Hall–Kier alpha value is -2.04. The summed E-state index contributed by atoms with van der Waals surface area (Å²) in [5, 5.41) is 9.14. The van der Waals surface area contributed by atoms with E-state index in [4.69, 9.17) is 5.11 Å². The van der Waals surface area contributed by atoms with E-state index in [9.17, 15) is 9.59 Å². The zero-order valence-corrected chi connectivity index (χ0v) is 9.14. The van der Waals surface area contributed by atoms with Gasteiger partial charge in [-0.1, -0.05) is 6.07 Å². The number of aromatic amines is 1. The number of fused-ring (bicyclic) bond motifs is 1. The summed E-state index contributed by atoms with van der Waals surface area (Å²) in [5.74, 6) is -0.479. The summed E-state index contributed by atoms with van der Waals surface area (Å²) < 4.78 is 1.55. The lowest BCUT2D eigenvalue weighted by molar-refractivity contribution is 0.0698. The van der Waals surface area contributed by atoms with Crippen molar-refractivity contribution in [3.05, 3.63) is 34.2 Å². The zero-order chi connectivity index (χ0) is 12.0. The van der Waals surface area contributed by atoms with Crippen LogP contribution in [0, 0.1) is 5.92 Å². The number of carbonyl (C=O) groups is 1. The minimum atomic E-state index is -1.00. The van der Waals surface area contributed by atoms with Gasteiger partial charge in [0.1, 0.15) is 0 Å². The van der Waals surface area contributed by atoms with E-state index in [1.165, 1.54) is 6.07 Å². The predicted molar refractivity (Wildman–Crippen MR) is 62.2 cm³/mol. The number of carboxylic acid groups (broad SMARTS) is 1. The molecule has 0 saturated heterocycles. The number of benzene rings is 1.